The molecule has 0 atom stereocenters. The van der Waals surface area contributed by atoms with E-state index in [1.807, 2.05) is 13.8 Å². The van der Waals surface area contributed by atoms with Crippen molar-refractivity contribution in [3.8, 4) is 0 Å². The third-order valence-electron chi connectivity index (χ3n) is 3.69. The van der Waals surface area contributed by atoms with Gasteiger partial charge >= 0.3 is 0 Å². The van der Waals surface area contributed by atoms with Gasteiger partial charge in [0.2, 0.25) is 5.91 Å². The van der Waals surface area contributed by atoms with Crippen LogP contribution in [0.25, 0.3) is 0 Å². The molecule has 1 aromatic carbocycles. The van der Waals surface area contributed by atoms with Crippen LogP contribution in [0, 0.1) is 5.82 Å². The molecule has 1 fully saturated rings. The number of nitrogens with zero attached hydrogens (tertiary/aromatic N) is 1. The van der Waals surface area contributed by atoms with E-state index >= 15 is 0 Å². The fourth-order valence-electron chi connectivity index (χ4n) is 2.43. The molecule has 19 heavy (non-hydrogen) atoms. The highest BCUT2D eigenvalue weighted by Gasteiger charge is 2.44. The third-order valence-corrected chi connectivity index (χ3v) is 3.69. The predicted molar refractivity (Wildman–Crippen MR) is 70.2 cm³/mol. The highest BCUT2D eigenvalue weighted by Crippen LogP contribution is 2.28. The molecule has 1 aromatic rings. The summed E-state index contributed by atoms with van der Waals surface area (Å²) in [5, 5.41) is 2.75. The zero-order valence-corrected chi connectivity index (χ0v) is 11.1. The van der Waals surface area contributed by atoms with Gasteiger partial charge in [-0.1, -0.05) is 26.0 Å². The number of hydrogen-bond donors (Lipinski definition) is 1. The Bertz CT molecular complexity index is 512. The highest BCUT2D eigenvalue weighted by molar-refractivity contribution is 6.09. The molecule has 1 aliphatic heterocycles. The molecule has 0 spiro atoms. The smallest absolute Gasteiger partial charge is 0.253 e. The van der Waals surface area contributed by atoms with E-state index in [0.29, 0.717) is 12.8 Å². The van der Waals surface area contributed by atoms with Crippen molar-refractivity contribution >= 4 is 17.5 Å². The summed E-state index contributed by atoms with van der Waals surface area (Å²) in [4.78, 5) is 25.6. The molecule has 0 unspecified atom stereocenters. The summed E-state index contributed by atoms with van der Waals surface area (Å²) in [5.74, 6) is -1.000. The molecule has 102 valence electrons. The van der Waals surface area contributed by atoms with Gasteiger partial charge in [-0.25, -0.2) is 4.39 Å². The summed E-state index contributed by atoms with van der Waals surface area (Å²) in [6, 6.07) is 6.01. The summed E-state index contributed by atoms with van der Waals surface area (Å²) in [7, 11) is 0. The molecule has 0 saturated carbocycles. The van der Waals surface area contributed by atoms with Gasteiger partial charge in [0, 0.05) is 0 Å². The average Bonchev–Trinajstić information content (AvgIpc) is 2.42. The summed E-state index contributed by atoms with van der Waals surface area (Å²) in [5.41, 5.74) is -0.758. The van der Waals surface area contributed by atoms with Crippen LogP contribution in [0.1, 0.15) is 26.7 Å². The Hall–Kier alpha value is -1.91. The standard InChI is InChI=1S/C14H17FN2O2/c1-3-14(4-2)13(19)17(9-12(18)16-14)11-8-6-5-7-10(11)15/h5-8H,3-4,9H2,1-2H3,(H,16,18). The minimum Gasteiger partial charge on any atom is -0.340 e. The van der Waals surface area contributed by atoms with E-state index in [1.165, 1.54) is 17.0 Å². The summed E-state index contributed by atoms with van der Waals surface area (Å²) in [6.07, 6.45) is 0.970. The van der Waals surface area contributed by atoms with Crippen LogP contribution in [0.5, 0.6) is 0 Å². The minimum atomic E-state index is -0.919. The molecule has 0 radical (unpaired) electrons. The summed E-state index contributed by atoms with van der Waals surface area (Å²) >= 11 is 0. The van der Waals surface area contributed by atoms with Crippen LogP contribution in [-0.2, 0) is 9.59 Å². The van der Waals surface area contributed by atoms with Crippen LogP contribution in [0.3, 0.4) is 0 Å². The monoisotopic (exact) mass is 264 g/mol. The van der Waals surface area contributed by atoms with Crippen molar-refractivity contribution < 1.29 is 14.0 Å². The van der Waals surface area contributed by atoms with E-state index in [9.17, 15) is 14.0 Å². The van der Waals surface area contributed by atoms with Crippen LogP contribution in [0.2, 0.25) is 0 Å². The van der Waals surface area contributed by atoms with E-state index in [-0.39, 0.29) is 24.0 Å². The van der Waals surface area contributed by atoms with Crippen molar-refractivity contribution in [1.82, 2.24) is 5.32 Å². The van der Waals surface area contributed by atoms with E-state index in [1.54, 1.807) is 12.1 Å². The Morgan fingerprint density at radius 3 is 2.47 bits per heavy atom. The SMILES string of the molecule is CCC1(CC)NC(=O)CN(c2ccccc2F)C1=O. The first-order chi connectivity index (χ1) is 9.04. The number of anilines is 1. The summed E-state index contributed by atoms with van der Waals surface area (Å²) in [6.45, 7) is 3.54. The fourth-order valence-corrected chi connectivity index (χ4v) is 2.43. The lowest BCUT2D eigenvalue weighted by Crippen LogP contribution is -2.66. The first-order valence-corrected chi connectivity index (χ1v) is 6.41. The number of benzene rings is 1. The maximum absolute atomic E-state index is 13.8. The van der Waals surface area contributed by atoms with Gasteiger partial charge in [-0.2, -0.15) is 0 Å². The number of amides is 2. The lowest BCUT2D eigenvalue weighted by atomic mass is 9.88. The van der Waals surface area contributed by atoms with E-state index in [4.69, 9.17) is 0 Å². The number of nitrogens with one attached hydrogen (secondary N) is 1. The molecule has 0 aliphatic carbocycles. The Kier molecular flexibility index (Phi) is 3.55. The largest absolute Gasteiger partial charge is 0.340 e. The van der Waals surface area contributed by atoms with Crippen LogP contribution in [0.15, 0.2) is 24.3 Å². The Morgan fingerprint density at radius 1 is 1.26 bits per heavy atom. The van der Waals surface area contributed by atoms with Crippen molar-refractivity contribution in [3.05, 3.63) is 30.1 Å². The second-order valence-corrected chi connectivity index (χ2v) is 4.68. The zero-order chi connectivity index (χ0) is 14.0. The van der Waals surface area contributed by atoms with E-state index in [2.05, 4.69) is 5.32 Å². The number of piperazine rings is 1. The zero-order valence-electron chi connectivity index (χ0n) is 11.1. The molecule has 1 aliphatic rings. The Balaban J connectivity index is 2.44. The molecular weight excluding hydrogens is 247 g/mol. The van der Waals surface area contributed by atoms with E-state index < -0.39 is 11.4 Å². The molecule has 0 bridgehead atoms. The lowest BCUT2D eigenvalue weighted by molar-refractivity contribution is -0.136. The average molecular weight is 264 g/mol. The molecule has 1 heterocycles. The van der Waals surface area contributed by atoms with Crippen molar-refractivity contribution in [2.75, 3.05) is 11.4 Å². The first kappa shape index (κ1) is 13.5. The normalized spacial score (nSPS) is 18.4. The minimum absolute atomic E-state index is 0.137. The van der Waals surface area contributed by atoms with Crippen LogP contribution in [-0.4, -0.2) is 23.9 Å². The molecule has 2 rings (SSSR count). The second kappa shape index (κ2) is 4.99. The number of para-hydroxylation sites is 1. The molecule has 2 amide bonds. The Morgan fingerprint density at radius 2 is 1.89 bits per heavy atom. The van der Waals surface area contributed by atoms with E-state index in [0.717, 1.165) is 0 Å². The third kappa shape index (κ3) is 2.20. The molecule has 1 saturated heterocycles. The second-order valence-electron chi connectivity index (χ2n) is 4.68. The van der Waals surface area contributed by atoms with Crippen LogP contribution < -0.4 is 10.2 Å². The van der Waals surface area contributed by atoms with Gasteiger partial charge in [0.25, 0.3) is 5.91 Å². The molecule has 5 heteroatoms. The van der Waals surface area contributed by atoms with Gasteiger partial charge in [0.05, 0.1) is 5.69 Å². The van der Waals surface area contributed by atoms with Crippen molar-refractivity contribution in [3.63, 3.8) is 0 Å². The first-order valence-electron chi connectivity index (χ1n) is 6.41. The number of rotatable bonds is 3. The van der Waals surface area contributed by atoms with Crippen molar-refractivity contribution in [1.29, 1.82) is 0 Å². The van der Waals surface area contributed by atoms with Gasteiger partial charge < -0.3 is 5.32 Å². The predicted octanol–water partition coefficient (Wildman–Crippen LogP) is 1.85. The van der Waals surface area contributed by atoms with Gasteiger partial charge in [0.15, 0.2) is 0 Å². The highest BCUT2D eigenvalue weighted by atomic mass is 19.1. The molecular formula is C14H17FN2O2. The van der Waals surface area contributed by atoms with Crippen LogP contribution >= 0.6 is 0 Å². The molecule has 4 nitrogen and oxygen atoms in total. The maximum Gasteiger partial charge on any atom is 0.253 e. The van der Waals surface area contributed by atoms with Gasteiger partial charge in [-0.05, 0) is 25.0 Å². The fraction of sp³-hybridized carbons (Fsp3) is 0.429. The topological polar surface area (TPSA) is 49.4 Å². The van der Waals surface area contributed by atoms with Gasteiger partial charge in [-0.3, -0.25) is 14.5 Å². The lowest BCUT2D eigenvalue weighted by Gasteiger charge is -2.41. The number of hydrogen-bond acceptors (Lipinski definition) is 2. The van der Waals surface area contributed by atoms with Crippen molar-refractivity contribution in [2.24, 2.45) is 0 Å². The van der Waals surface area contributed by atoms with Gasteiger partial charge in [-0.15, -0.1) is 0 Å². The van der Waals surface area contributed by atoms with Crippen LogP contribution in [0.4, 0.5) is 10.1 Å². The number of halogens is 1. The maximum atomic E-state index is 13.8. The molecule has 0 aromatic heterocycles. The number of carbonyl (C=O) groups excluding carboxylic acids is 2. The van der Waals surface area contributed by atoms with Gasteiger partial charge in [0.1, 0.15) is 17.9 Å². The Labute approximate surface area is 111 Å². The van der Waals surface area contributed by atoms with Crippen molar-refractivity contribution in [2.45, 2.75) is 32.2 Å². The summed E-state index contributed by atoms with van der Waals surface area (Å²) < 4.78 is 13.8. The quantitative estimate of drug-likeness (QED) is 0.905. The number of carbonyl (C=O) groups is 2. The molecule has 1 N–H and O–H groups in total.